The molecule has 0 saturated heterocycles. The molecular formula is C16H20N2O3. The van der Waals surface area contributed by atoms with Crippen LogP contribution in [0.25, 0.3) is 0 Å². The molecule has 0 saturated carbocycles. The molecule has 2 rings (SSSR count). The van der Waals surface area contributed by atoms with E-state index in [0.717, 1.165) is 12.0 Å². The molecule has 0 radical (unpaired) electrons. The topological polar surface area (TPSA) is 76.2 Å². The molecule has 1 heterocycles. The maximum Gasteiger partial charge on any atom is 0.314 e. The monoisotopic (exact) mass is 288 g/mol. The second-order valence-electron chi connectivity index (χ2n) is 5.88. The summed E-state index contributed by atoms with van der Waals surface area (Å²) in [5.74, 6) is 0.507. The van der Waals surface area contributed by atoms with Gasteiger partial charge in [-0.1, -0.05) is 49.3 Å². The lowest BCUT2D eigenvalue weighted by Gasteiger charge is -2.23. The molecule has 0 fully saturated rings. The molecule has 21 heavy (non-hydrogen) atoms. The molecule has 1 N–H and O–H groups in total. The number of benzene rings is 1. The fraction of sp³-hybridized carbons (Fsp3) is 0.438. The lowest BCUT2D eigenvalue weighted by atomic mass is 9.79. The summed E-state index contributed by atoms with van der Waals surface area (Å²) in [6.07, 6.45) is 0.899. The van der Waals surface area contributed by atoms with Crippen molar-refractivity contribution < 1.29 is 14.4 Å². The Morgan fingerprint density at radius 3 is 2.57 bits per heavy atom. The van der Waals surface area contributed by atoms with Crippen LogP contribution in [0.2, 0.25) is 0 Å². The van der Waals surface area contributed by atoms with Crippen molar-refractivity contribution in [2.24, 2.45) is 5.92 Å². The number of carboxylic acid groups (broad SMARTS) is 1. The predicted molar refractivity (Wildman–Crippen MR) is 78.0 cm³/mol. The van der Waals surface area contributed by atoms with Crippen molar-refractivity contribution in [1.82, 2.24) is 10.1 Å². The van der Waals surface area contributed by atoms with E-state index in [4.69, 9.17) is 4.52 Å². The van der Waals surface area contributed by atoms with Gasteiger partial charge in [-0.2, -0.15) is 4.98 Å². The molecule has 1 aromatic heterocycles. The van der Waals surface area contributed by atoms with E-state index in [2.05, 4.69) is 24.0 Å². The number of hydrogen-bond donors (Lipinski definition) is 1. The summed E-state index contributed by atoms with van der Waals surface area (Å²) < 4.78 is 5.21. The summed E-state index contributed by atoms with van der Waals surface area (Å²) in [6, 6.07) is 9.13. The number of aromatic nitrogens is 2. The van der Waals surface area contributed by atoms with Gasteiger partial charge in [-0.05, 0) is 18.4 Å². The molecule has 0 amide bonds. The number of nitrogens with zero attached hydrogens (tertiary/aromatic N) is 2. The van der Waals surface area contributed by atoms with Crippen LogP contribution < -0.4 is 0 Å². The summed E-state index contributed by atoms with van der Waals surface area (Å²) >= 11 is 0. The summed E-state index contributed by atoms with van der Waals surface area (Å²) in [4.78, 5) is 16.0. The maximum atomic E-state index is 11.7. The Balaban J connectivity index is 2.25. The third kappa shape index (κ3) is 3.48. The highest BCUT2D eigenvalue weighted by atomic mass is 16.5. The second-order valence-corrected chi connectivity index (χ2v) is 5.88. The largest absolute Gasteiger partial charge is 0.481 e. The Morgan fingerprint density at radius 1 is 1.33 bits per heavy atom. The molecular weight excluding hydrogens is 268 g/mol. The summed E-state index contributed by atoms with van der Waals surface area (Å²) in [7, 11) is 0. The summed E-state index contributed by atoms with van der Waals surface area (Å²) in [6.45, 7) is 5.82. The summed E-state index contributed by atoms with van der Waals surface area (Å²) in [5, 5.41) is 13.5. The van der Waals surface area contributed by atoms with Crippen LogP contribution in [-0.2, 0) is 23.1 Å². The van der Waals surface area contributed by atoms with Crippen LogP contribution in [0.3, 0.4) is 0 Å². The van der Waals surface area contributed by atoms with Gasteiger partial charge in [-0.25, -0.2) is 0 Å². The fourth-order valence-electron chi connectivity index (χ4n) is 2.22. The molecule has 0 aliphatic carbocycles. The highest BCUT2D eigenvalue weighted by Gasteiger charge is 2.37. The molecule has 2 aromatic rings. The van der Waals surface area contributed by atoms with E-state index in [1.165, 1.54) is 0 Å². The van der Waals surface area contributed by atoms with Crippen LogP contribution in [0.5, 0.6) is 0 Å². The minimum Gasteiger partial charge on any atom is -0.481 e. The molecule has 5 nitrogen and oxygen atoms in total. The van der Waals surface area contributed by atoms with Crippen molar-refractivity contribution in [3.8, 4) is 0 Å². The van der Waals surface area contributed by atoms with E-state index >= 15 is 0 Å². The van der Waals surface area contributed by atoms with Crippen molar-refractivity contribution in [3.63, 3.8) is 0 Å². The molecule has 5 heteroatoms. The molecule has 0 bridgehead atoms. The molecule has 0 spiro atoms. The Morgan fingerprint density at radius 2 is 2.00 bits per heavy atom. The number of carboxylic acids is 1. The average Bonchev–Trinajstić information content (AvgIpc) is 2.85. The van der Waals surface area contributed by atoms with Gasteiger partial charge in [0.1, 0.15) is 0 Å². The molecule has 1 unspecified atom stereocenters. The van der Waals surface area contributed by atoms with Gasteiger partial charge >= 0.3 is 5.97 Å². The number of aliphatic carboxylic acids is 1. The van der Waals surface area contributed by atoms with E-state index in [1.807, 2.05) is 18.2 Å². The van der Waals surface area contributed by atoms with Crippen LogP contribution >= 0.6 is 0 Å². The zero-order valence-electron chi connectivity index (χ0n) is 12.5. The quantitative estimate of drug-likeness (QED) is 0.884. The van der Waals surface area contributed by atoms with Crippen molar-refractivity contribution in [2.75, 3.05) is 0 Å². The molecule has 1 aromatic carbocycles. The van der Waals surface area contributed by atoms with E-state index in [0.29, 0.717) is 17.6 Å². The normalized spacial score (nSPS) is 14.1. The number of rotatable bonds is 6. The average molecular weight is 288 g/mol. The zero-order chi connectivity index (χ0) is 15.5. The molecule has 112 valence electrons. The highest BCUT2D eigenvalue weighted by Crippen LogP contribution is 2.28. The van der Waals surface area contributed by atoms with Crippen LogP contribution in [-0.4, -0.2) is 21.2 Å². The maximum absolute atomic E-state index is 11.7. The van der Waals surface area contributed by atoms with Crippen molar-refractivity contribution in [3.05, 3.63) is 47.6 Å². The Labute approximate surface area is 124 Å². The highest BCUT2D eigenvalue weighted by molar-refractivity contribution is 5.81. The number of hydrogen-bond acceptors (Lipinski definition) is 4. The van der Waals surface area contributed by atoms with E-state index in [1.54, 1.807) is 19.1 Å². The van der Waals surface area contributed by atoms with Crippen LogP contribution in [0.1, 0.15) is 38.0 Å². The van der Waals surface area contributed by atoms with Crippen molar-refractivity contribution >= 4 is 5.97 Å². The van der Waals surface area contributed by atoms with Gasteiger partial charge in [0, 0.05) is 12.8 Å². The van der Waals surface area contributed by atoms with Gasteiger partial charge in [0.15, 0.2) is 5.82 Å². The third-order valence-corrected chi connectivity index (χ3v) is 3.49. The van der Waals surface area contributed by atoms with Crippen molar-refractivity contribution in [2.45, 2.75) is 39.0 Å². The van der Waals surface area contributed by atoms with Crippen LogP contribution in [0.4, 0.5) is 0 Å². The van der Waals surface area contributed by atoms with Gasteiger partial charge in [-0.15, -0.1) is 0 Å². The molecule has 0 aliphatic rings. The van der Waals surface area contributed by atoms with Gasteiger partial charge in [0.25, 0.3) is 0 Å². The van der Waals surface area contributed by atoms with Gasteiger partial charge in [-0.3, -0.25) is 4.79 Å². The molecule has 0 aliphatic heterocycles. The van der Waals surface area contributed by atoms with Gasteiger partial charge < -0.3 is 9.63 Å². The van der Waals surface area contributed by atoms with Crippen molar-refractivity contribution in [1.29, 1.82) is 0 Å². The first-order valence-electron chi connectivity index (χ1n) is 7.02. The minimum atomic E-state index is -1.08. The minimum absolute atomic E-state index is 0.178. The smallest absolute Gasteiger partial charge is 0.314 e. The van der Waals surface area contributed by atoms with Crippen LogP contribution in [0.15, 0.2) is 34.9 Å². The number of carbonyl (C=O) groups is 1. The second kappa shape index (κ2) is 6.08. The Kier molecular flexibility index (Phi) is 4.40. The van der Waals surface area contributed by atoms with E-state index in [9.17, 15) is 9.90 Å². The molecule has 1 atom stereocenters. The predicted octanol–water partition coefficient (Wildman–Crippen LogP) is 2.85. The first kappa shape index (κ1) is 15.2. The first-order valence-corrected chi connectivity index (χ1v) is 7.02. The van der Waals surface area contributed by atoms with E-state index < -0.39 is 11.4 Å². The summed E-state index contributed by atoms with van der Waals surface area (Å²) in [5.41, 5.74) is -0.357. The van der Waals surface area contributed by atoms with Crippen LogP contribution in [0, 0.1) is 5.92 Å². The van der Waals surface area contributed by atoms with E-state index in [-0.39, 0.29) is 6.42 Å². The van der Waals surface area contributed by atoms with Gasteiger partial charge in [0.05, 0.1) is 5.41 Å². The lowest BCUT2D eigenvalue weighted by Crippen LogP contribution is -2.35. The lowest BCUT2D eigenvalue weighted by molar-refractivity contribution is -0.143. The third-order valence-electron chi connectivity index (χ3n) is 3.49. The first-order chi connectivity index (χ1) is 9.91. The fourth-order valence-corrected chi connectivity index (χ4v) is 2.22. The standard InChI is InChI=1S/C16H20N2O3/c1-11(2)9-13-17-14(21-18-13)10-16(3,15(19)20)12-7-5-4-6-8-12/h4-8,11H,9-10H2,1-3H3,(H,19,20). The Hall–Kier alpha value is -2.17. The Bertz CT molecular complexity index is 607. The zero-order valence-corrected chi connectivity index (χ0v) is 12.5. The SMILES string of the molecule is CC(C)Cc1noc(CC(C)(C(=O)O)c2ccccc2)n1. The van der Waals surface area contributed by atoms with Gasteiger partial charge in [0.2, 0.25) is 5.89 Å².